The Morgan fingerprint density at radius 1 is 0.769 bits per heavy atom. The SMILES string of the molecule is CC(C(/C=N/NC(=S)NCc1ccccc1)=N\NC(=S)NCc1ccccc1)N1C(=O)c2ccccc2C1=O. The smallest absolute Gasteiger partial charge is 0.262 e. The van der Waals surface area contributed by atoms with Gasteiger partial charge in [0.2, 0.25) is 0 Å². The molecule has 3 aromatic rings. The second-order valence-electron chi connectivity index (χ2n) is 8.56. The molecule has 1 aliphatic heterocycles. The number of thiocarbonyl (C=S) groups is 2. The summed E-state index contributed by atoms with van der Waals surface area (Å²) in [5.41, 5.74) is 8.63. The number of benzene rings is 3. The van der Waals surface area contributed by atoms with E-state index >= 15 is 0 Å². The maximum atomic E-state index is 13.1. The van der Waals surface area contributed by atoms with E-state index in [9.17, 15) is 9.59 Å². The summed E-state index contributed by atoms with van der Waals surface area (Å²) in [4.78, 5) is 27.3. The molecule has 2 amide bonds. The first kappa shape index (κ1) is 27.6. The number of hydrazone groups is 2. The lowest BCUT2D eigenvalue weighted by molar-refractivity contribution is 0.0636. The van der Waals surface area contributed by atoms with Gasteiger partial charge >= 0.3 is 0 Å². The molecule has 1 heterocycles. The van der Waals surface area contributed by atoms with Gasteiger partial charge in [0, 0.05) is 13.1 Å². The van der Waals surface area contributed by atoms with Gasteiger partial charge in [0.25, 0.3) is 11.8 Å². The first-order chi connectivity index (χ1) is 18.9. The minimum Gasteiger partial charge on any atom is -0.357 e. The van der Waals surface area contributed by atoms with Crippen molar-refractivity contribution in [1.82, 2.24) is 26.4 Å². The maximum Gasteiger partial charge on any atom is 0.262 e. The van der Waals surface area contributed by atoms with Crippen LogP contribution in [0, 0.1) is 0 Å². The van der Waals surface area contributed by atoms with Crippen molar-refractivity contribution < 1.29 is 9.59 Å². The number of hydrogen-bond acceptors (Lipinski definition) is 6. The molecule has 39 heavy (non-hydrogen) atoms. The number of rotatable bonds is 9. The van der Waals surface area contributed by atoms with Crippen molar-refractivity contribution in [2.45, 2.75) is 26.1 Å². The van der Waals surface area contributed by atoms with E-state index in [1.165, 1.54) is 6.21 Å². The number of amides is 2. The predicted octanol–water partition coefficient (Wildman–Crippen LogP) is 3.34. The molecule has 4 N–H and O–H groups in total. The molecule has 0 fully saturated rings. The Kier molecular flexibility index (Phi) is 9.44. The van der Waals surface area contributed by atoms with Crippen LogP contribution in [0.3, 0.4) is 0 Å². The Morgan fingerprint density at radius 2 is 1.23 bits per heavy atom. The Hall–Kier alpha value is -4.48. The zero-order chi connectivity index (χ0) is 27.6. The van der Waals surface area contributed by atoms with Crippen LogP contribution < -0.4 is 21.5 Å². The first-order valence-electron chi connectivity index (χ1n) is 12.2. The van der Waals surface area contributed by atoms with Gasteiger partial charge in [-0.25, -0.2) is 0 Å². The van der Waals surface area contributed by atoms with Crippen LogP contribution in [0.25, 0.3) is 0 Å². The quantitative estimate of drug-likeness (QED) is 0.137. The van der Waals surface area contributed by atoms with Crippen LogP contribution in [-0.4, -0.2) is 44.9 Å². The third-order valence-electron chi connectivity index (χ3n) is 5.88. The number of nitrogens with zero attached hydrogens (tertiary/aromatic N) is 3. The zero-order valence-electron chi connectivity index (χ0n) is 21.1. The van der Waals surface area contributed by atoms with Gasteiger partial charge in [0.05, 0.1) is 23.4 Å². The molecule has 198 valence electrons. The molecule has 4 rings (SSSR count). The number of nitrogens with one attached hydrogen (secondary N) is 4. The van der Waals surface area contributed by atoms with Crippen LogP contribution in [0.5, 0.6) is 0 Å². The van der Waals surface area contributed by atoms with E-state index in [-0.39, 0.29) is 10.8 Å². The van der Waals surface area contributed by atoms with E-state index in [4.69, 9.17) is 24.4 Å². The van der Waals surface area contributed by atoms with Gasteiger partial charge in [-0.3, -0.25) is 25.3 Å². The van der Waals surface area contributed by atoms with Crippen LogP contribution in [-0.2, 0) is 13.1 Å². The molecule has 0 saturated carbocycles. The normalized spacial score (nSPS) is 13.7. The van der Waals surface area contributed by atoms with E-state index in [1.807, 2.05) is 60.7 Å². The molecule has 0 bridgehead atoms. The number of fused-ring (bicyclic) bond motifs is 1. The predicted molar refractivity (Wildman–Crippen MR) is 160 cm³/mol. The van der Waals surface area contributed by atoms with Crippen LogP contribution in [0.4, 0.5) is 0 Å². The highest BCUT2D eigenvalue weighted by Crippen LogP contribution is 2.24. The summed E-state index contributed by atoms with van der Waals surface area (Å²) in [6.45, 7) is 2.72. The lowest BCUT2D eigenvalue weighted by Crippen LogP contribution is -2.45. The number of hydrogen-bond donors (Lipinski definition) is 4. The van der Waals surface area contributed by atoms with Gasteiger partial charge in [-0.05, 0) is 54.6 Å². The summed E-state index contributed by atoms with van der Waals surface area (Å²) in [5.74, 6) is -0.802. The summed E-state index contributed by atoms with van der Waals surface area (Å²) < 4.78 is 0. The van der Waals surface area contributed by atoms with E-state index in [2.05, 4.69) is 31.7 Å². The second-order valence-corrected chi connectivity index (χ2v) is 9.37. The number of imide groups is 1. The Bertz CT molecular complexity index is 1380. The highest BCUT2D eigenvalue weighted by atomic mass is 32.1. The van der Waals surface area contributed by atoms with Crippen molar-refractivity contribution in [3.05, 3.63) is 107 Å². The zero-order valence-corrected chi connectivity index (χ0v) is 22.8. The maximum absolute atomic E-state index is 13.1. The molecule has 0 aliphatic carbocycles. The Morgan fingerprint density at radius 3 is 1.74 bits per heavy atom. The summed E-state index contributed by atoms with van der Waals surface area (Å²) in [6, 6.07) is 25.5. The number of carbonyl (C=O) groups is 2. The second kappa shape index (κ2) is 13.4. The van der Waals surface area contributed by atoms with Crippen molar-refractivity contribution in [2.75, 3.05) is 0 Å². The van der Waals surface area contributed by atoms with Crippen LogP contribution in [0.1, 0.15) is 38.8 Å². The first-order valence-corrected chi connectivity index (χ1v) is 13.0. The largest absolute Gasteiger partial charge is 0.357 e. The standard InChI is InChI=1S/C28H27N7O2S2/c1-19(35-25(36)22-14-8-9-15-23(22)26(35)37)24(32-34-28(39)30-17-21-12-6-3-7-13-21)18-31-33-27(38)29-16-20-10-4-2-5-11-20/h2-15,18-19H,16-17H2,1H3,(H2,29,33,38)(H2,30,34,39)/b31-18+,32-24-. The van der Waals surface area contributed by atoms with E-state index in [0.717, 1.165) is 16.0 Å². The molecular weight excluding hydrogens is 530 g/mol. The van der Waals surface area contributed by atoms with Gasteiger partial charge in [0.15, 0.2) is 10.2 Å². The topological polar surface area (TPSA) is 110 Å². The van der Waals surface area contributed by atoms with Gasteiger partial charge in [-0.1, -0.05) is 72.8 Å². The van der Waals surface area contributed by atoms with Gasteiger partial charge in [0.1, 0.15) is 5.71 Å². The minimum atomic E-state index is -0.752. The van der Waals surface area contributed by atoms with Crippen LogP contribution in [0.2, 0.25) is 0 Å². The molecule has 1 atom stereocenters. The lowest BCUT2D eigenvalue weighted by Gasteiger charge is -2.22. The van der Waals surface area contributed by atoms with E-state index in [1.54, 1.807) is 31.2 Å². The van der Waals surface area contributed by atoms with Crippen LogP contribution >= 0.6 is 24.4 Å². The van der Waals surface area contributed by atoms with Crippen LogP contribution in [0.15, 0.2) is 95.1 Å². The molecule has 0 spiro atoms. The number of carbonyl (C=O) groups excluding carboxylic acids is 2. The fourth-order valence-corrected chi connectivity index (χ4v) is 4.07. The summed E-state index contributed by atoms with van der Waals surface area (Å²) in [7, 11) is 0. The molecule has 1 aliphatic rings. The van der Waals surface area contributed by atoms with Crippen molar-refractivity contribution in [3.8, 4) is 0 Å². The van der Waals surface area contributed by atoms with E-state index in [0.29, 0.717) is 29.3 Å². The summed E-state index contributed by atoms with van der Waals surface area (Å²) in [6.07, 6.45) is 1.40. The van der Waals surface area contributed by atoms with Gasteiger partial charge in [-0.2, -0.15) is 10.2 Å². The van der Waals surface area contributed by atoms with Crippen molar-refractivity contribution in [2.24, 2.45) is 10.2 Å². The monoisotopic (exact) mass is 557 g/mol. The minimum absolute atomic E-state index is 0.271. The molecule has 0 aromatic heterocycles. The molecular formula is C28H27N7O2S2. The molecule has 3 aromatic carbocycles. The third-order valence-corrected chi connectivity index (χ3v) is 6.35. The fraction of sp³-hybridized carbons (Fsp3) is 0.143. The summed E-state index contributed by atoms with van der Waals surface area (Å²) in [5, 5.41) is 15.3. The molecule has 0 saturated heterocycles. The summed E-state index contributed by atoms with van der Waals surface area (Å²) >= 11 is 10.7. The highest BCUT2D eigenvalue weighted by molar-refractivity contribution is 7.80. The molecule has 0 radical (unpaired) electrons. The van der Waals surface area contributed by atoms with Crippen molar-refractivity contribution in [1.29, 1.82) is 0 Å². The highest BCUT2D eigenvalue weighted by Gasteiger charge is 2.39. The lowest BCUT2D eigenvalue weighted by atomic mass is 10.1. The van der Waals surface area contributed by atoms with E-state index < -0.39 is 17.9 Å². The van der Waals surface area contributed by atoms with Gasteiger partial charge in [-0.15, -0.1) is 0 Å². The molecule has 9 nitrogen and oxygen atoms in total. The Balaban J connectivity index is 1.44. The average Bonchev–Trinajstić information content (AvgIpc) is 3.22. The van der Waals surface area contributed by atoms with Crippen molar-refractivity contribution >= 4 is 58.4 Å². The molecule has 1 unspecified atom stereocenters. The third kappa shape index (κ3) is 7.30. The van der Waals surface area contributed by atoms with Crippen molar-refractivity contribution in [3.63, 3.8) is 0 Å². The molecule has 11 heteroatoms. The average molecular weight is 558 g/mol. The fourth-order valence-electron chi connectivity index (χ4n) is 3.83. The Labute approximate surface area is 237 Å². The van der Waals surface area contributed by atoms with Gasteiger partial charge < -0.3 is 10.6 Å².